The van der Waals surface area contributed by atoms with Gasteiger partial charge in [-0.3, -0.25) is 8.37 Å². The SMILES string of the molecule is O=S(=O)(OCC1(COS(=O)(=O)c2ccccc2)CC2c3ccccc3C1c1ccccc12)c1ccccc1. The van der Waals surface area contributed by atoms with E-state index in [0.717, 1.165) is 11.1 Å². The molecule has 0 fully saturated rings. The first kappa shape index (κ1) is 25.0. The van der Waals surface area contributed by atoms with E-state index in [9.17, 15) is 16.8 Å². The minimum absolute atomic E-state index is 0.0431. The van der Waals surface area contributed by atoms with Crippen molar-refractivity contribution in [3.05, 3.63) is 131 Å². The van der Waals surface area contributed by atoms with Crippen molar-refractivity contribution in [2.45, 2.75) is 28.0 Å². The van der Waals surface area contributed by atoms with Crippen LogP contribution in [0, 0.1) is 5.41 Å². The molecule has 4 aromatic carbocycles. The van der Waals surface area contributed by atoms with E-state index in [-0.39, 0.29) is 34.8 Å². The molecule has 0 aliphatic heterocycles. The van der Waals surface area contributed by atoms with E-state index in [0.29, 0.717) is 6.42 Å². The molecular weight excluding hydrogens is 520 g/mol. The highest BCUT2D eigenvalue weighted by Crippen LogP contribution is 2.61. The van der Waals surface area contributed by atoms with Crippen molar-refractivity contribution < 1.29 is 25.2 Å². The zero-order valence-corrected chi connectivity index (χ0v) is 22.1. The smallest absolute Gasteiger partial charge is 0.266 e. The maximum atomic E-state index is 13.2. The Labute approximate surface area is 223 Å². The summed E-state index contributed by atoms with van der Waals surface area (Å²) in [5, 5.41) is 0. The van der Waals surface area contributed by atoms with Crippen LogP contribution in [0.3, 0.4) is 0 Å². The van der Waals surface area contributed by atoms with Crippen LogP contribution in [0.15, 0.2) is 119 Å². The molecule has 8 heteroatoms. The van der Waals surface area contributed by atoms with Gasteiger partial charge in [-0.1, -0.05) is 84.9 Å². The molecule has 3 aliphatic carbocycles. The number of benzene rings is 4. The van der Waals surface area contributed by atoms with Gasteiger partial charge in [-0.2, -0.15) is 16.8 Å². The zero-order chi connectivity index (χ0) is 26.4. The average Bonchev–Trinajstić information content (AvgIpc) is 2.96. The molecule has 194 valence electrons. The predicted molar refractivity (Wildman–Crippen MR) is 143 cm³/mol. The first-order valence-corrected chi connectivity index (χ1v) is 15.2. The fourth-order valence-electron chi connectivity index (χ4n) is 5.95. The summed E-state index contributed by atoms with van der Waals surface area (Å²) in [4.78, 5) is 0.101. The lowest BCUT2D eigenvalue weighted by Gasteiger charge is -2.52. The zero-order valence-electron chi connectivity index (χ0n) is 20.4. The minimum Gasteiger partial charge on any atom is -0.266 e. The van der Waals surface area contributed by atoms with E-state index < -0.39 is 25.7 Å². The summed E-state index contributed by atoms with van der Waals surface area (Å²) in [6.07, 6.45) is 0.486. The molecule has 7 rings (SSSR count). The molecule has 2 bridgehead atoms. The Kier molecular flexibility index (Phi) is 6.23. The van der Waals surface area contributed by atoms with Crippen LogP contribution in [0.1, 0.15) is 40.5 Å². The third-order valence-corrected chi connectivity index (χ3v) is 10.2. The van der Waals surface area contributed by atoms with Gasteiger partial charge in [0.1, 0.15) is 0 Å². The maximum absolute atomic E-state index is 13.2. The lowest BCUT2D eigenvalue weighted by Crippen LogP contribution is -2.48. The molecule has 0 spiro atoms. The molecule has 0 aromatic heterocycles. The van der Waals surface area contributed by atoms with Crippen molar-refractivity contribution >= 4 is 20.2 Å². The molecule has 0 heterocycles. The summed E-state index contributed by atoms with van der Waals surface area (Å²) < 4.78 is 64.0. The lowest BCUT2D eigenvalue weighted by atomic mass is 9.52. The second-order valence-electron chi connectivity index (χ2n) is 9.87. The second kappa shape index (κ2) is 9.47. The van der Waals surface area contributed by atoms with Gasteiger partial charge in [-0.05, 0) is 52.9 Å². The van der Waals surface area contributed by atoms with Gasteiger partial charge in [-0.25, -0.2) is 0 Å². The monoisotopic (exact) mass is 546 g/mol. The largest absolute Gasteiger partial charge is 0.296 e. The highest BCUT2D eigenvalue weighted by Gasteiger charge is 2.54. The van der Waals surface area contributed by atoms with E-state index in [1.165, 1.54) is 35.4 Å². The molecule has 0 saturated carbocycles. The van der Waals surface area contributed by atoms with Crippen molar-refractivity contribution in [3.63, 3.8) is 0 Å². The molecule has 0 radical (unpaired) electrons. The predicted octanol–water partition coefficient (Wildman–Crippen LogP) is 5.46. The van der Waals surface area contributed by atoms with Crippen LogP contribution in [0.5, 0.6) is 0 Å². The topological polar surface area (TPSA) is 86.7 Å². The van der Waals surface area contributed by atoms with Crippen LogP contribution < -0.4 is 0 Å². The van der Waals surface area contributed by atoms with Crippen molar-refractivity contribution in [2.75, 3.05) is 13.2 Å². The third kappa shape index (κ3) is 4.27. The van der Waals surface area contributed by atoms with E-state index in [1.807, 2.05) is 36.4 Å². The molecule has 4 aromatic rings. The molecule has 0 N–H and O–H groups in total. The Morgan fingerprint density at radius 3 is 1.34 bits per heavy atom. The van der Waals surface area contributed by atoms with Gasteiger partial charge in [-0.15, -0.1) is 0 Å². The number of fused-ring (bicyclic) bond motifs is 1. The van der Waals surface area contributed by atoms with Crippen LogP contribution >= 0.6 is 0 Å². The Bertz CT molecular complexity index is 1560. The average molecular weight is 547 g/mol. The van der Waals surface area contributed by atoms with Gasteiger partial charge in [0.25, 0.3) is 20.2 Å². The Balaban J connectivity index is 1.43. The fourth-order valence-corrected chi connectivity index (χ4v) is 7.98. The molecule has 38 heavy (non-hydrogen) atoms. The Morgan fingerprint density at radius 2 is 0.921 bits per heavy atom. The lowest BCUT2D eigenvalue weighted by molar-refractivity contribution is 0.0424. The summed E-state index contributed by atoms with van der Waals surface area (Å²) in [5.74, 6) is -0.352. The van der Waals surface area contributed by atoms with Crippen LogP contribution in [0.25, 0.3) is 0 Å². The van der Waals surface area contributed by atoms with Crippen molar-refractivity contribution in [1.82, 2.24) is 0 Å². The van der Waals surface area contributed by atoms with Crippen LogP contribution in [0.2, 0.25) is 0 Å². The summed E-state index contributed by atoms with van der Waals surface area (Å²) in [6.45, 7) is -0.448. The van der Waals surface area contributed by atoms with E-state index in [1.54, 1.807) is 36.4 Å². The van der Waals surface area contributed by atoms with Crippen LogP contribution in [-0.4, -0.2) is 30.0 Å². The standard InChI is InChI=1S/C30H26O6S2/c31-37(32,22-11-3-1-4-12-22)35-20-30(21-36-38(33,34)23-13-5-2-6-14-23)19-28-24-15-7-9-17-26(24)29(30)27-18-10-8-16-25(27)28/h1-18,28-29H,19-21H2. The van der Waals surface area contributed by atoms with Crippen molar-refractivity contribution in [1.29, 1.82) is 0 Å². The molecular formula is C30H26O6S2. The van der Waals surface area contributed by atoms with Gasteiger partial charge >= 0.3 is 0 Å². The quantitative estimate of drug-likeness (QED) is 0.273. The maximum Gasteiger partial charge on any atom is 0.296 e. The molecule has 3 aliphatic rings. The first-order chi connectivity index (χ1) is 18.3. The number of hydrogen-bond acceptors (Lipinski definition) is 6. The van der Waals surface area contributed by atoms with E-state index in [4.69, 9.17) is 8.37 Å². The highest BCUT2D eigenvalue weighted by molar-refractivity contribution is 7.87. The summed E-state index contributed by atoms with van der Waals surface area (Å²) in [7, 11) is -8.16. The Hall–Kier alpha value is -3.30. The molecule has 6 nitrogen and oxygen atoms in total. The highest BCUT2D eigenvalue weighted by atomic mass is 32.2. The number of hydrogen-bond donors (Lipinski definition) is 0. The fraction of sp³-hybridized carbons (Fsp3) is 0.200. The third-order valence-electron chi connectivity index (χ3n) is 7.65. The van der Waals surface area contributed by atoms with Gasteiger partial charge in [0.2, 0.25) is 0 Å². The summed E-state index contributed by atoms with van der Waals surface area (Å²) in [6, 6.07) is 32.1. The number of rotatable bonds is 8. The van der Waals surface area contributed by atoms with Gasteiger partial charge in [0.05, 0.1) is 23.0 Å². The van der Waals surface area contributed by atoms with Crippen molar-refractivity contribution in [2.24, 2.45) is 5.41 Å². The Morgan fingerprint density at radius 1 is 0.553 bits per heavy atom. The van der Waals surface area contributed by atoms with Gasteiger partial charge in [0, 0.05) is 17.3 Å². The summed E-state index contributed by atoms with van der Waals surface area (Å²) >= 11 is 0. The normalized spacial score (nSPS) is 19.5. The minimum atomic E-state index is -4.08. The molecule has 0 atom stereocenters. The first-order valence-electron chi connectivity index (χ1n) is 12.4. The summed E-state index contributed by atoms with van der Waals surface area (Å²) in [5.41, 5.74) is 3.48. The second-order valence-corrected chi connectivity index (χ2v) is 13.1. The van der Waals surface area contributed by atoms with Crippen molar-refractivity contribution in [3.8, 4) is 0 Å². The van der Waals surface area contributed by atoms with Crippen LogP contribution in [-0.2, 0) is 28.6 Å². The molecule has 0 amide bonds. The van der Waals surface area contributed by atoms with Gasteiger partial charge in [0.15, 0.2) is 0 Å². The van der Waals surface area contributed by atoms with Gasteiger partial charge < -0.3 is 0 Å². The van der Waals surface area contributed by atoms with E-state index in [2.05, 4.69) is 12.1 Å². The van der Waals surface area contributed by atoms with E-state index >= 15 is 0 Å². The molecule has 0 saturated heterocycles. The molecule has 0 unspecified atom stereocenters. The van der Waals surface area contributed by atoms with Crippen LogP contribution in [0.4, 0.5) is 0 Å².